The molecule has 154 valence electrons. The Morgan fingerprint density at radius 1 is 1.13 bits per heavy atom. The van der Waals surface area contributed by atoms with Gasteiger partial charge in [0.05, 0.1) is 30.3 Å². The van der Waals surface area contributed by atoms with Crippen molar-refractivity contribution < 1.29 is 13.9 Å². The van der Waals surface area contributed by atoms with E-state index in [1.807, 2.05) is 54.6 Å². The van der Waals surface area contributed by atoms with E-state index >= 15 is 0 Å². The summed E-state index contributed by atoms with van der Waals surface area (Å²) in [5, 5.41) is 3.28. The number of benzene rings is 2. The van der Waals surface area contributed by atoms with Crippen LogP contribution >= 0.6 is 0 Å². The monoisotopic (exact) mass is 412 g/mol. The zero-order valence-corrected chi connectivity index (χ0v) is 16.9. The first-order valence-corrected chi connectivity index (χ1v) is 9.95. The van der Waals surface area contributed by atoms with Gasteiger partial charge in [0.2, 0.25) is 0 Å². The highest BCUT2D eigenvalue weighted by atomic mass is 16.5. The van der Waals surface area contributed by atoms with Crippen molar-refractivity contribution in [3.05, 3.63) is 77.6 Å². The van der Waals surface area contributed by atoms with Crippen molar-refractivity contribution in [3.63, 3.8) is 0 Å². The lowest BCUT2D eigenvalue weighted by molar-refractivity contribution is -0.133. The number of aromatic amines is 1. The minimum atomic E-state index is -0.427. The van der Waals surface area contributed by atoms with Crippen molar-refractivity contribution in [1.82, 2.24) is 15.3 Å². The summed E-state index contributed by atoms with van der Waals surface area (Å²) in [5.74, 6) is 2.21. The Balaban J connectivity index is 1.47. The number of carbonyl (C=O) groups is 1. The summed E-state index contributed by atoms with van der Waals surface area (Å²) in [6.45, 7) is 1.65. The molecule has 5 rings (SSSR count). The second-order valence-corrected chi connectivity index (χ2v) is 7.09. The van der Waals surface area contributed by atoms with E-state index in [4.69, 9.17) is 9.15 Å². The fraction of sp³-hybridized carbons (Fsp3) is 0.125. The fourth-order valence-corrected chi connectivity index (χ4v) is 3.55. The molecule has 0 aliphatic carbocycles. The molecule has 1 aliphatic rings. The number of furan rings is 1. The van der Waals surface area contributed by atoms with Crippen LogP contribution in [0.4, 0.5) is 0 Å². The number of rotatable bonds is 5. The topological polar surface area (TPSA) is 92.5 Å². The average molecular weight is 412 g/mol. The van der Waals surface area contributed by atoms with Gasteiger partial charge < -0.3 is 19.5 Å². The van der Waals surface area contributed by atoms with Crippen LogP contribution in [-0.4, -0.2) is 42.0 Å². The molecule has 2 aromatic carbocycles. The Labute approximate surface area is 178 Å². The zero-order valence-electron chi connectivity index (χ0n) is 16.9. The minimum absolute atomic E-state index is 0.420. The summed E-state index contributed by atoms with van der Waals surface area (Å²) in [6, 6.07) is 19.0. The van der Waals surface area contributed by atoms with E-state index in [-0.39, 0.29) is 0 Å². The molecule has 3 heterocycles. The van der Waals surface area contributed by atoms with Crippen molar-refractivity contribution >= 4 is 34.5 Å². The Hall–Kier alpha value is -4.13. The maximum Gasteiger partial charge on any atom is 0.338 e. The number of aromatic nitrogens is 2. The third-order valence-electron chi connectivity index (χ3n) is 5.07. The molecule has 0 amide bonds. The highest BCUT2D eigenvalue weighted by Gasteiger charge is 2.15. The fourth-order valence-electron chi connectivity index (χ4n) is 3.55. The number of amidine groups is 1. The van der Waals surface area contributed by atoms with Crippen LogP contribution < -0.4 is 5.32 Å². The van der Waals surface area contributed by atoms with Gasteiger partial charge in [0.15, 0.2) is 11.6 Å². The van der Waals surface area contributed by atoms with Gasteiger partial charge in [0, 0.05) is 12.1 Å². The number of imidazole rings is 1. The van der Waals surface area contributed by atoms with Crippen molar-refractivity contribution in [2.24, 2.45) is 4.99 Å². The number of carbonyl (C=O) groups excluding carboxylic acids is 1. The standard InChI is InChI=1S/C24H20N4O3/c1-30-24(29)18(15-5-3-2-4-6-15)14-17-8-10-21(31-17)23-27-19-9-7-16(13-20(19)28-23)22-25-11-12-26-22/h2-10,13-14H,11-12H2,1H3,(H,25,26)(H,27,28)/b18-14+. The summed E-state index contributed by atoms with van der Waals surface area (Å²) in [7, 11) is 1.36. The van der Waals surface area contributed by atoms with E-state index in [0.717, 1.165) is 41.1 Å². The molecule has 0 bridgehead atoms. The van der Waals surface area contributed by atoms with Crippen LogP contribution in [0.15, 0.2) is 70.1 Å². The molecule has 4 aromatic rings. The van der Waals surface area contributed by atoms with E-state index in [1.165, 1.54) is 7.11 Å². The van der Waals surface area contributed by atoms with E-state index in [9.17, 15) is 4.79 Å². The zero-order chi connectivity index (χ0) is 21.2. The maximum absolute atomic E-state index is 12.3. The predicted octanol–water partition coefficient (Wildman–Crippen LogP) is 3.89. The number of ether oxygens (including phenoxy) is 1. The number of nitrogens with zero attached hydrogens (tertiary/aromatic N) is 2. The summed E-state index contributed by atoms with van der Waals surface area (Å²) in [4.78, 5) is 24.7. The van der Waals surface area contributed by atoms with Gasteiger partial charge in [-0.2, -0.15) is 0 Å². The Kier molecular flexibility index (Phi) is 4.84. The molecule has 1 aliphatic heterocycles. The number of esters is 1. The van der Waals surface area contributed by atoms with Gasteiger partial charge >= 0.3 is 5.97 Å². The van der Waals surface area contributed by atoms with E-state index in [2.05, 4.69) is 20.3 Å². The van der Waals surface area contributed by atoms with Gasteiger partial charge in [-0.05, 0) is 42.0 Å². The second-order valence-electron chi connectivity index (χ2n) is 7.09. The lowest BCUT2D eigenvalue weighted by Crippen LogP contribution is -2.19. The molecule has 0 spiro atoms. The van der Waals surface area contributed by atoms with Gasteiger partial charge in [0.25, 0.3) is 0 Å². The molecule has 0 saturated heterocycles. The Bertz CT molecular complexity index is 1320. The van der Waals surface area contributed by atoms with Crippen LogP contribution in [0.25, 0.3) is 34.3 Å². The predicted molar refractivity (Wildman–Crippen MR) is 120 cm³/mol. The van der Waals surface area contributed by atoms with Gasteiger partial charge in [-0.25, -0.2) is 9.78 Å². The Morgan fingerprint density at radius 2 is 2.00 bits per heavy atom. The lowest BCUT2D eigenvalue weighted by Gasteiger charge is -2.04. The van der Waals surface area contributed by atoms with Crippen molar-refractivity contribution in [2.75, 3.05) is 20.2 Å². The molecule has 31 heavy (non-hydrogen) atoms. The van der Waals surface area contributed by atoms with Crippen LogP contribution in [0.3, 0.4) is 0 Å². The average Bonchev–Trinajstić information content (AvgIpc) is 3.57. The molecule has 0 atom stereocenters. The number of hydrogen-bond acceptors (Lipinski definition) is 6. The summed E-state index contributed by atoms with van der Waals surface area (Å²) in [6.07, 6.45) is 1.68. The lowest BCUT2D eigenvalue weighted by atomic mass is 10.1. The first-order valence-electron chi connectivity index (χ1n) is 9.95. The SMILES string of the molecule is COC(=O)/C(=C/c1ccc(-c2nc3ccc(C4=NCCN4)cc3[nH]2)o1)c1ccccc1. The van der Waals surface area contributed by atoms with Gasteiger partial charge in [0.1, 0.15) is 11.6 Å². The molecule has 2 N–H and O–H groups in total. The quantitative estimate of drug-likeness (QED) is 0.383. The Morgan fingerprint density at radius 3 is 2.77 bits per heavy atom. The van der Waals surface area contributed by atoms with E-state index in [1.54, 1.807) is 12.1 Å². The summed E-state index contributed by atoms with van der Waals surface area (Å²) >= 11 is 0. The van der Waals surface area contributed by atoms with Crippen LogP contribution in [0, 0.1) is 0 Å². The molecule has 2 aromatic heterocycles. The third kappa shape index (κ3) is 3.73. The molecule has 0 fully saturated rings. The van der Waals surface area contributed by atoms with Gasteiger partial charge in [-0.1, -0.05) is 30.3 Å². The first kappa shape index (κ1) is 18.9. The molecule has 7 heteroatoms. The van der Waals surface area contributed by atoms with E-state index < -0.39 is 5.97 Å². The van der Waals surface area contributed by atoms with Crippen LogP contribution in [0.2, 0.25) is 0 Å². The largest absolute Gasteiger partial charge is 0.465 e. The summed E-state index contributed by atoms with van der Waals surface area (Å²) < 4.78 is 10.9. The number of hydrogen-bond donors (Lipinski definition) is 2. The molecular weight excluding hydrogens is 392 g/mol. The molecule has 0 unspecified atom stereocenters. The number of methoxy groups -OCH3 is 1. The van der Waals surface area contributed by atoms with Crippen molar-refractivity contribution in [1.29, 1.82) is 0 Å². The third-order valence-corrected chi connectivity index (χ3v) is 5.07. The van der Waals surface area contributed by atoms with Gasteiger partial charge in [-0.15, -0.1) is 0 Å². The minimum Gasteiger partial charge on any atom is -0.465 e. The van der Waals surface area contributed by atoms with Gasteiger partial charge in [-0.3, -0.25) is 4.99 Å². The number of nitrogens with one attached hydrogen (secondary N) is 2. The first-order chi connectivity index (χ1) is 15.2. The highest BCUT2D eigenvalue weighted by Crippen LogP contribution is 2.26. The maximum atomic E-state index is 12.3. The molecule has 0 radical (unpaired) electrons. The van der Waals surface area contributed by atoms with Crippen LogP contribution in [0.1, 0.15) is 16.9 Å². The normalized spacial score (nSPS) is 13.8. The highest BCUT2D eigenvalue weighted by molar-refractivity contribution is 6.21. The van der Waals surface area contributed by atoms with Crippen molar-refractivity contribution in [2.45, 2.75) is 0 Å². The summed E-state index contributed by atoms with van der Waals surface area (Å²) in [5.41, 5.74) is 3.94. The molecule has 7 nitrogen and oxygen atoms in total. The number of fused-ring (bicyclic) bond motifs is 1. The van der Waals surface area contributed by atoms with Crippen molar-refractivity contribution in [3.8, 4) is 11.6 Å². The van der Waals surface area contributed by atoms with Crippen LogP contribution in [-0.2, 0) is 9.53 Å². The smallest absolute Gasteiger partial charge is 0.338 e. The van der Waals surface area contributed by atoms with Crippen LogP contribution in [0.5, 0.6) is 0 Å². The molecular formula is C24H20N4O3. The number of H-pyrrole nitrogens is 1. The number of aliphatic imine (C=N–C) groups is 1. The van der Waals surface area contributed by atoms with E-state index in [0.29, 0.717) is 22.9 Å². The molecule has 0 saturated carbocycles. The second kappa shape index (κ2) is 7.95.